The molecule has 0 amide bonds. The van der Waals surface area contributed by atoms with Crippen molar-refractivity contribution in [2.45, 2.75) is 0 Å². The van der Waals surface area contributed by atoms with Crippen LogP contribution in [-0.2, 0) is 0 Å². The van der Waals surface area contributed by atoms with Crippen molar-refractivity contribution in [3.05, 3.63) is 53.9 Å². The Bertz CT molecular complexity index is 573. The van der Waals surface area contributed by atoms with Gasteiger partial charge in [-0.1, -0.05) is 12.1 Å². The molecular formula is C12H6F2N2. The average molecular weight is 216 g/mol. The van der Waals surface area contributed by atoms with Gasteiger partial charge in [0.2, 0.25) is 0 Å². The Morgan fingerprint density at radius 1 is 1.06 bits per heavy atom. The Hall–Kier alpha value is -2.28. The van der Waals surface area contributed by atoms with Crippen LogP contribution in [0.2, 0.25) is 0 Å². The molecule has 1 aromatic carbocycles. The molecule has 0 fully saturated rings. The second kappa shape index (κ2) is 4.07. The van der Waals surface area contributed by atoms with Crippen molar-refractivity contribution in [2.75, 3.05) is 0 Å². The Balaban J connectivity index is 2.69. The first-order chi connectivity index (χ1) is 7.74. The molecule has 0 unspecified atom stereocenters. The molecule has 1 heterocycles. The van der Waals surface area contributed by atoms with Crippen LogP contribution in [0.1, 0.15) is 5.69 Å². The third-order valence-electron chi connectivity index (χ3n) is 2.16. The van der Waals surface area contributed by atoms with Crippen LogP contribution in [-0.4, -0.2) is 4.98 Å². The summed E-state index contributed by atoms with van der Waals surface area (Å²) in [6.07, 6.45) is 1.43. The maximum absolute atomic E-state index is 13.5. The summed E-state index contributed by atoms with van der Waals surface area (Å²) in [4.78, 5) is 3.79. The lowest BCUT2D eigenvalue weighted by Gasteiger charge is -2.04. The molecular weight excluding hydrogens is 210 g/mol. The molecule has 0 aliphatic carbocycles. The van der Waals surface area contributed by atoms with Gasteiger partial charge in [-0.3, -0.25) is 0 Å². The standard InChI is InChI=1S/C12H6F2N2/c13-10-5-1-3-9(12(10)14)8-4-2-6-16-11(8)7-15/h1-6H. The number of halogens is 2. The van der Waals surface area contributed by atoms with Gasteiger partial charge in [0.25, 0.3) is 0 Å². The molecule has 0 aliphatic rings. The van der Waals surface area contributed by atoms with Gasteiger partial charge in [-0.2, -0.15) is 5.26 Å². The molecule has 0 saturated carbocycles. The summed E-state index contributed by atoms with van der Waals surface area (Å²) in [5.74, 6) is -1.91. The number of benzene rings is 1. The monoisotopic (exact) mass is 216 g/mol. The maximum Gasteiger partial charge on any atom is 0.166 e. The van der Waals surface area contributed by atoms with E-state index in [0.29, 0.717) is 5.56 Å². The first-order valence-electron chi connectivity index (χ1n) is 4.53. The van der Waals surface area contributed by atoms with Gasteiger partial charge in [0, 0.05) is 17.3 Å². The SMILES string of the molecule is N#Cc1ncccc1-c1cccc(F)c1F. The fourth-order valence-corrected chi connectivity index (χ4v) is 1.42. The number of aromatic nitrogens is 1. The van der Waals surface area contributed by atoms with Crippen LogP contribution in [0.5, 0.6) is 0 Å². The van der Waals surface area contributed by atoms with E-state index in [-0.39, 0.29) is 11.3 Å². The zero-order chi connectivity index (χ0) is 11.5. The topological polar surface area (TPSA) is 36.7 Å². The molecule has 2 rings (SSSR count). The van der Waals surface area contributed by atoms with E-state index in [1.54, 1.807) is 6.07 Å². The number of rotatable bonds is 1. The van der Waals surface area contributed by atoms with Crippen molar-refractivity contribution < 1.29 is 8.78 Å². The minimum absolute atomic E-state index is 0.0460. The van der Waals surface area contributed by atoms with Crippen LogP contribution < -0.4 is 0 Å². The molecule has 0 spiro atoms. The lowest BCUT2D eigenvalue weighted by atomic mass is 10.0. The van der Waals surface area contributed by atoms with E-state index in [9.17, 15) is 8.78 Å². The number of nitriles is 1. The molecule has 0 aliphatic heterocycles. The minimum Gasteiger partial charge on any atom is -0.245 e. The molecule has 0 radical (unpaired) electrons. The number of pyridine rings is 1. The van der Waals surface area contributed by atoms with E-state index in [1.165, 1.54) is 24.4 Å². The van der Waals surface area contributed by atoms with Gasteiger partial charge in [0.05, 0.1) is 0 Å². The van der Waals surface area contributed by atoms with Gasteiger partial charge in [-0.15, -0.1) is 0 Å². The minimum atomic E-state index is -0.966. The smallest absolute Gasteiger partial charge is 0.166 e. The Labute approximate surface area is 90.8 Å². The van der Waals surface area contributed by atoms with Crippen LogP contribution in [0, 0.1) is 23.0 Å². The van der Waals surface area contributed by atoms with E-state index in [4.69, 9.17) is 5.26 Å². The van der Waals surface area contributed by atoms with E-state index in [1.807, 2.05) is 6.07 Å². The normalized spacial score (nSPS) is 9.81. The van der Waals surface area contributed by atoms with E-state index < -0.39 is 11.6 Å². The van der Waals surface area contributed by atoms with E-state index in [0.717, 1.165) is 6.07 Å². The molecule has 4 heteroatoms. The van der Waals surface area contributed by atoms with Crippen molar-refractivity contribution in [3.8, 4) is 17.2 Å². The Kier molecular flexibility index (Phi) is 2.61. The Morgan fingerprint density at radius 2 is 1.81 bits per heavy atom. The third-order valence-corrected chi connectivity index (χ3v) is 2.16. The highest BCUT2D eigenvalue weighted by atomic mass is 19.2. The molecule has 2 aromatic rings. The summed E-state index contributed by atoms with van der Waals surface area (Å²) in [6, 6.07) is 8.77. The summed E-state index contributed by atoms with van der Waals surface area (Å²) in [5, 5.41) is 8.81. The van der Waals surface area contributed by atoms with Gasteiger partial charge in [-0.05, 0) is 18.2 Å². The number of nitrogens with zero attached hydrogens (tertiary/aromatic N) is 2. The van der Waals surface area contributed by atoms with Gasteiger partial charge in [0.15, 0.2) is 11.6 Å². The molecule has 2 nitrogen and oxygen atoms in total. The number of hydrogen-bond acceptors (Lipinski definition) is 2. The van der Waals surface area contributed by atoms with Gasteiger partial charge in [-0.25, -0.2) is 13.8 Å². The quantitative estimate of drug-likeness (QED) is 0.734. The predicted molar refractivity (Wildman–Crippen MR) is 54.3 cm³/mol. The van der Waals surface area contributed by atoms with Gasteiger partial charge < -0.3 is 0 Å². The molecule has 1 aromatic heterocycles. The average Bonchev–Trinajstić information content (AvgIpc) is 2.33. The summed E-state index contributed by atoms with van der Waals surface area (Å²) < 4.78 is 26.5. The molecule has 0 bridgehead atoms. The van der Waals surface area contributed by atoms with Gasteiger partial charge in [0.1, 0.15) is 11.8 Å². The third kappa shape index (κ3) is 1.63. The fourth-order valence-electron chi connectivity index (χ4n) is 1.42. The van der Waals surface area contributed by atoms with E-state index >= 15 is 0 Å². The summed E-state index contributed by atoms with van der Waals surface area (Å²) in [5.41, 5.74) is 0.415. The van der Waals surface area contributed by atoms with Crippen LogP contribution in [0.3, 0.4) is 0 Å². The predicted octanol–water partition coefficient (Wildman–Crippen LogP) is 2.90. The Morgan fingerprint density at radius 3 is 2.56 bits per heavy atom. The van der Waals surface area contributed by atoms with Crippen LogP contribution >= 0.6 is 0 Å². The second-order valence-corrected chi connectivity index (χ2v) is 3.11. The largest absolute Gasteiger partial charge is 0.245 e. The fraction of sp³-hybridized carbons (Fsp3) is 0. The van der Waals surface area contributed by atoms with Crippen molar-refractivity contribution in [3.63, 3.8) is 0 Å². The van der Waals surface area contributed by atoms with Crippen LogP contribution in [0.4, 0.5) is 8.78 Å². The van der Waals surface area contributed by atoms with Crippen LogP contribution in [0.15, 0.2) is 36.5 Å². The lowest BCUT2D eigenvalue weighted by molar-refractivity contribution is 0.511. The highest BCUT2D eigenvalue weighted by molar-refractivity contribution is 5.69. The summed E-state index contributed by atoms with van der Waals surface area (Å²) in [6.45, 7) is 0. The molecule has 16 heavy (non-hydrogen) atoms. The zero-order valence-electron chi connectivity index (χ0n) is 8.11. The van der Waals surface area contributed by atoms with Crippen molar-refractivity contribution in [2.24, 2.45) is 0 Å². The number of hydrogen-bond donors (Lipinski definition) is 0. The molecule has 0 saturated heterocycles. The zero-order valence-corrected chi connectivity index (χ0v) is 8.11. The molecule has 0 atom stereocenters. The summed E-state index contributed by atoms with van der Waals surface area (Å²) >= 11 is 0. The van der Waals surface area contributed by atoms with Gasteiger partial charge >= 0.3 is 0 Å². The lowest BCUT2D eigenvalue weighted by Crippen LogP contribution is -1.93. The molecule has 78 valence electrons. The second-order valence-electron chi connectivity index (χ2n) is 3.11. The maximum atomic E-state index is 13.5. The highest BCUT2D eigenvalue weighted by Crippen LogP contribution is 2.25. The van der Waals surface area contributed by atoms with Crippen molar-refractivity contribution in [1.29, 1.82) is 5.26 Å². The van der Waals surface area contributed by atoms with E-state index in [2.05, 4.69) is 4.98 Å². The first-order valence-corrected chi connectivity index (χ1v) is 4.53. The van der Waals surface area contributed by atoms with Crippen molar-refractivity contribution >= 4 is 0 Å². The van der Waals surface area contributed by atoms with Crippen molar-refractivity contribution in [1.82, 2.24) is 4.98 Å². The first kappa shape index (κ1) is 10.2. The molecule has 0 N–H and O–H groups in total. The highest BCUT2D eigenvalue weighted by Gasteiger charge is 2.13. The van der Waals surface area contributed by atoms with Crippen LogP contribution in [0.25, 0.3) is 11.1 Å². The summed E-state index contributed by atoms with van der Waals surface area (Å²) in [7, 11) is 0.